The van der Waals surface area contributed by atoms with Gasteiger partial charge in [0.2, 0.25) is 5.91 Å². The molecule has 1 aliphatic heterocycles. The summed E-state index contributed by atoms with van der Waals surface area (Å²) in [6.45, 7) is 2.94. The summed E-state index contributed by atoms with van der Waals surface area (Å²) < 4.78 is 1.82. The molecular weight excluding hydrogens is 337 g/mol. The van der Waals surface area contributed by atoms with Crippen LogP contribution < -0.4 is 10.6 Å². The van der Waals surface area contributed by atoms with Crippen molar-refractivity contribution in [1.29, 1.82) is 0 Å². The maximum absolute atomic E-state index is 12.5. The lowest BCUT2D eigenvalue weighted by molar-refractivity contribution is -0.122. The quantitative estimate of drug-likeness (QED) is 0.881. The average molecular weight is 358 g/mol. The molecule has 0 radical (unpaired) electrons. The number of carbonyl (C=O) groups excluding carboxylic acids is 1. The molecule has 1 amide bonds. The lowest BCUT2D eigenvalue weighted by Gasteiger charge is -2.26. The second kappa shape index (κ2) is 8.29. The molecule has 1 unspecified atom stereocenters. The fourth-order valence-electron chi connectivity index (χ4n) is 2.72. The number of nitrogens with one attached hydrogen (secondary N) is 2. The van der Waals surface area contributed by atoms with Gasteiger partial charge >= 0.3 is 0 Å². The second-order valence-corrected chi connectivity index (χ2v) is 5.30. The number of halogens is 2. The number of hydrogen-bond donors (Lipinski definition) is 2. The van der Waals surface area contributed by atoms with Gasteiger partial charge in [-0.3, -0.25) is 9.36 Å². The molecule has 0 spiro atoms. The van der Waals surface area contributed by atoms with Crippen molar-refractivity contribution < 1.29 is 4.79 Å². The largest absolute Gasteiger partial charge is 0.323 e. The van der Waals surface area contributed by atoms with Gasteiger partial charge in [-0.15, -0.1) is 24.8 Å². The van der Waals surface area contributed by atoms with Gasteiger partial charge in [-0.05, 0) is 37.9 Å². The number of amides is 1. The molecule has 1 atom stereocenters. The summed E-state index contributed by atoms with van der Waals surface area (Å²) in [4.78, 5) is 20.8. The van der Waals surface area contributed by atoms with Crippen molar-refractivity contribution in [3.63, 3.8) is 0 Å². The zero-order chi connectivity index (χ0) is 14.7. The van der Waals surface area contributed by atoms with Gasteiger partial charge in [0.15, 0.2) is 0 Å². The number of anilines is 1. The van der Waals surface area contributed by atoms with Gasteiger partial charge in [0.05, 0.1) is 17.4 Å². The topological polar surface area (TPSA) is 71.8 Å². The molecule has 0 aliphatic carbocycles. The Kier molecular flexibility index (Phi) is 7.00. The normalized spacial score (nSPS) is 19.5. The van der Waals surface area contributed by atoms with Crippen molar-refractivity contribution in [2.45, 2.75) is 31.7 Å². The molecule has 1 aliphatic rings. The van der Waals surface area contributed by atoms with Gasteiger partial charge in [0.1, 0.15) is 12.1 Å². The Balaban J connectivity index is 0.00000132. The van der Waals surface area contributed by atoms with E-state index in [1.807, 2.05) is 29.8 Å². The molecule has 2 aromatic heterocycles. The Morgan fingerprint density at radius 3 is 2.78 bits per heavy atom. The Bertz CT molecular complexity index is 609. The fraction of sp³-hybridized carbons (Fsp3) is 0.400. The predicted molar refractivity (Wildman–Crippen MR) is 94.7 cm³/mol. The van der Waals surface area contributed by atoms with Crippen molar-refractivity contribution in [1.82, 2.24) is 19.9 Å². The molecule has 0 saturated carbocycles. The van der Waals surface area contributed by atoms with E-state index in [1.165, 1.54) is 0 Å². The SMILES string of the molecule is CCC1(C(=O)Nc2ccc(-n3ccnc3)nc2)CCCN1.Cl.Cl. The highest BCUT2D eigenvalue weighted by Gasteiger charge is 2.39. The van der Waals surface area contributed by atoms with E-state index in [2.05, 4.69) is 20.6 Å². The average Bonchev–Trinajstić information content (AvgIpc) is 3.20. The van der Waals surface area contributed by atoms with Crippen LogP contribution in [0.15, 0.2) is 37.1 Å². The van der Waals surface area contributed by atoms with Crippen LogP contribution >= 0.6 is 24.8 Å². The van der Waals surface area contributed by atoms with E-state index >= 15 is 0 Å². The van der Waals surface area contributed by atoms with Gasteiger partial charge in [0, 0.05) is 12.4 Å². The lowest BCUT2D eigenvalue weighted by Crippen LogP contribution is -2.50. The predicted octanol–water partition coefficient (Wildman–Crippen LogP) is 2.58. The Morgan fingerprint density at radius 2 is 2.26 bits per heavy atom. The van der Waals surface area contributed by atoms with Gasteiger partial charge in [-0.1, -0.05) is 6.92 Å². The minimum absolute atomic E-state index is 0. The van der Waals surface area contributed by atoms with Gasteiger partial charge in [-0.2, -0.15) is 0 Å². The minimum atomic E-state index is -0.428. The van der Waals surface area contributed by atoms with E-state index < -0.39 is 5.54 Å². The van der Waals surface area contributed by atoms with E-state index in [0.717, 1.165) is 31.6 Å². The van der Waals surface area contributed by atoms with E-state index in [9.17, 15) is 4.79 Å². The third-order valence-corrected chi connectivity index (χ3v) is 4.06. The zero-order valence-electron chi connectivity index (χ0n) is 12.9. The number of pyridine rings is 1. The van der Waals surface area contributed by atoms with Crippen molar-refractivity contribution in [3.8, 4) is 5.82 Å². The van der Waals surface area contributed by atoms with Crippen LogP contribution in [0.25, 0.3) is 5.82 Å². The summed E-state index contributed by atoms with van der Waals surface area (Å²) in [7, 11) is 0. The minimum Gasteiger partial charge on any atom is -0.323 e. The van der Waals surface area contributed by atoms with Crippen LogP contribution in [0.5, 0.6) is 0 Å². The van der Waals surface area contributed by atoms with E-state index in [-0.39, 0.29) is 30.7 Å². The number of nitrogens with zero attached hydrogens (tertiary/aromatic N) is 3. The van der Waals surface area contributed by atoms with Gasteiger partial charge in [-0.25, -0.2) is 9.97 Å². The molecule has 1 fully saturated rings. The molecule has 23 heavy (non-hydrogen) atoms. The molecule has 126 valence electrons. The van der Waals surface area contributed by atoms with Crippen LogP contribution in [0, 0.1) is 0 Å². The maximum atomic E-state index is 12.5. The third kappa shape index (κ3) is 4.02. The van der Waals surface area contributed by atoms with Gasteiger partial charge in [0.25, 0.3) is 0 Å². The van der Waals surface area contributed by atoms with Crippen molar-refractivity contribution in [2.24, 2.45) is 0 Å². The fourth-order valence-corrected chi connectivity index (χ4v) is 2.72. The summed E-state index contributed by atoms with van der Waals surface area (Å²) >= 11 is 0. The molecular formula is C15H21Cl2N5O. The van der Waals surface area contributed by atoms with Crippen LogP contribution in [0.1, 0.15) is 26.2 Å². The molecule has 3 heterocycles. The summed E-state index contributed by atoms with van der Waals surface area (Å²) in [6, 6.07) is 3.72. The second-order valence-electron chi connectivity index (χ2n) is 5.30. The first-order chi connectivity index (χ1) is 10.2. The molecule has 2 N–H and O–H groups in total. The molecule has 0 bridgehead atoms. The molecule has 8 heteroatoms. The first kappa shape index (κ1) is 19.4. The van der Waals surface area contributed by atoms with Gasteiger partial charge < -0.3 is 10.6 Å². The van der Waals surface area contributed by atoms with Crippen LogP contribution in [-0.2, 0) is 4.79 Å². The van der Waals surface area contributed by atoms with Crippen LogP contribution in [0.4, 0.5) is 5.69 Å². The summed E-state index contributed by atoms with van der Waals surface area (Å²) in [5.41, 5.74) is 0.286. The Hall–Kier alpha value is -1.63. The summed E-state index contributed by atoms with van der Waals surface area (Å²) in [5, 5.41) is 6.29. The Labute approximate surface area is 147 Å². The highest BCUT2D eigenvalue weighted by Crippen LogP contribution is 2.24. The zero-order valence-corrected chi connectivity index (χ0v) is 14.5. The standard InChI is InChI=1S/C15H19N5O.2ClH/c1-2-15(6-3-7-18-15)14(21)19-12-4-5-13(17-10-12)20-9-8-16-11-20;;/h4-5,8-11,18H,2-3,6-7H2,1H3,(H,19,21);2*1H. The highest BCUT2D eigenvalue weighted by atomic mass is 35.5. The molecule has 6 nitrogen and oxygen atoms in total. The van der Waals surface area contributed by atoms with E-state index in [0.29, 0.717) is 5.69 Å². The van der Waals surface area contributed by atoms with Crippen molar-refractivity contribution in [3.05, 3.63) is 37.1 Å². The first-order valence-corrected chi connectivity index (χ1v) is 7.24. The molecule has 3 rings (SSSR count). The Morgan fingerprint density at radius 1 is 1.43 bits per heavy atom. The number of carbonyl (C=O) groups is 1. The molecule has 2 aromatic rings. The van der Waals surface area contributed by atoms with Crippen molar-refractivity contribution in [2.75, 3.05) is 11.9 Å². The number of hydrogen-bond acceptors (Lipinski definition) is 4. The molecule has 0 aromatic carbocycles. The number of rotatable bonds is 4. The lowest BCUT2D eigenvalue weighted by atomic mass is 9.93. The first-order valence-electron chi connectivity index (χ1n) is 7.24. The number of imidazole rings is 1. The van der Waals surface area contributed by atoms with E-state index in [1.54, 1.807) is 18.7 Å². The van der Waals surface area contributed by atoms with Crippen LogP contribution in [0.2, 0.25) is 0 Å². The maximum Gasteiger partial charge on any atom is 0.244 e. The summed E-state index contributed by atoms with van der Waals surface area (Å²) in [6.07, 6.45) is 9.61. The van der Waals surface area contributed by atoms with Crippen LogP contribution in [0.3, 0.4) is 0 Å². The monoisotopic (exact) mass is 357 g/mol. The highest BCUT2D eigenvalue weighted by molar-refractivity contribution is 5.98. The third-order valence-electron chi connectivity index (χ3n) is 4.06. The molecule has 1 saturated heterocycles. The van der Waals surface area contributed by atoms with E-state index in [4.69, 9.17) is 0 Å². The smallest absolute Gasteiger partial charge is 0.244 e. The number of aromatic nitrogens is 3. The van der Waals surface area contributed by atoms with Crippen molar-refractivity contribution >= 4 is 36.4 Å². The summed E-state index contributed by atoms with van der Waals surface area (Å²) in [5.74, 6) is 0.800. The van der Waals surface area contributed by atoms with Crippen LogP contribution in [-0.4, -0.2) is 32.5 Å².